The van der Waals surface area contributed by atoms with Crippen LogP contribution in [0.5, 0.6) is 0 Å². The fourth-order valence-corrected chi connectivity index (χ4v) is 4.74. The van der Waals surface area contributed by atoms with Gasteiger partial charge in [0.25, 0.3) is 0 Å². The number of fused-ring (bicyclic) bond motifs is 3. The van der Waals surface area contributed by atoms with E-state index in [0.717, 1.165) is 21.1 Å². The Bertz CT molecular complexity index is 1330. The van der Waals surface area contributed by atoms with E-state index < -0.39 is 5.97 Å². The van der Waals surface area contributed by atoms with E-state index in [2.05, 4.69) is 15.4 Å². The molecule has 2 aromatic carbocycles. The van der Waals surface area contributed by atoms with Crippen LogP contribution in [0.3, 0.4) is 0 Å². The number of carbonyl (C=O) groups excluding carboxylic acids is 2. The molecule has 2 amide bonds. The van der Waals surface area contributed by atoms with Gasteiger partial charge in [0.2, 0.25) is 4.96 Å². The molecule has 0 unspecified atom stereocenters. The molecule has 5 rings (SSSR count). The SMILES string of the molecule is COC(=O)c1cccc(NC(=O)N2CCc3c(sc4nc(-c5ccc(F)cc5)nn34)C2)c1. The maximum atomic E-state index is 13.2. The quantitative estimate of drug-likeness (QED) is 0.476. The van der Waals surface area contributed by atoms with Crippen molar-refractivity contribution in [2.45, 2.75) is 13.0 Å². The Kier molecular flexibility index (Phi) is 5.06. The number of hydrogen-bond acceptors (Lipinski definition) is 6. The molecule has 0 spiro atoms. The Morgan fingerprint density at radius 2 is 2.00 bits per heavy atom. The number of hydrogen-bond donors (Lipinski definition) is 1. The first-order chi connectivity index (χ1) is 15.5. The summed E-state index contributed by atoms with van der Waals surface area (Å²) in [6.45, 7) is 0.965. The largest absolute Gasteiger partial charge is 0.465 e. The third-order valence-electron chi connectivity index (χ3n) is 5.25. The molecule has 3 heterocycles. The highest BCUT2D eigenvalue weighted by Crippen LogP contribution is 2.30. The van der Waals surface area contributed by atoms with Gasteiger partial charge in [-0.15, -0.1) is 5.10 Å². The molecule has 32 heavy (non-hydrogen) atoms. The highest BCUT2D eigenvalue weighted by atomic mass is 32.1. The Balaban J connectivity index is 1.32. The van der Waals surface area contributed by atoms with Gasteiger partial charge in [-0.25, -0.2) is 18.5 Å². The first-order valence-electron chi connectivity index (χ1n) is 9.89. The maximum Gasteiger partial charge on any atom is 0.337 e. The average Bonchev–Trinajstić information content (AvgIpc) is 3.36. The van der Waals surface area contributed by atoms with Crippen molar-refractivity contribution in [1.29, 1.82) is 0 Å². The summed E-state index contributed by atoms with van der Waals surface area (Å²) < 4.78 is 19.7. The molecule has 1 N–H and O–H groups in total. The third kappa shape index (κ3) is 3.69. The van der Waals surface area contributed by atoms with E-state index in [0.29, 0.717) is 36.6 Å². The van der Waals surface area contributed by atoms with E-state index in [-0.39, 0.29) is 11.8 Å². The van der Waals surface area contributed by atoms with Gasteiger partial charge >= 0.3 is 12.0 Å². The van der Waals surface area contributed by atoms with Gasteiger partial charge in [-0.05, 0) is 42.5 Å². The normalized spacial score (nSPS) is 13.1. The molecular formula is C22H18FN5O3S. The summed E-state index contributed by atoms with van der Waals surface area (Å²) in [5, 5.41) is 7.43. The number of halogens is 1. The standard InChI is InChI=1S/C22H18FN5O3S/c1-31-20(29)14-3-2-4-16(11-14)24-21(30)27-10-9-17-18(12-27)32-22-25-19(26-28(17)22)13-5-7-15(23)8-6-13/h2-8,11H,9-10,12H2,1H3,(H,24,30). The van der Waals surface area contributed by atoms with Crippen LogP contribution >= 0.6 is 11.3 Å². The van der Waals surface area contributed by atoms with Crippen molar-refractivity contribution in [3.8, 4) is 11.4 Å². The van der Waals surface area contributed by atoms with Crippen LogP contribution in [0.25, 0.3) is 16.3 Å². The molecule has 4 aromatic rings. The zero-order valence-corrected chi connectivity index (χ0v) is 17.9. The van der Waals surface area contributed by atoms with E-state index >= 15 is 0 Å². The topological polar surface area (TPSA) is 88.8 Å². The fourth-order valence-electron chi connectivity index (χ4n) is 3.63. The fraction of sp³-hybridized carbons (Fsp3) is 0.182. The lowest BCUT2D eigenvalue weighted by Gasteiger charge is -2.26. The van der Waals surface area contributed by atoms with Gasteiger partial charge in [-0.2, -0.15) is 4.98 Å². The van der Waals surface area contributed by atoms with E-state index in [1.807, 2.05) is 4.52 Å². The Morgan fingerprint density at radius 3 is 2.78 bits per heavy atom. The van der Waals surface area contributed by atoms with Crippen molar-refractivity contribution in [2.75, 3.05) is 19.0 Å². The van der Waals surface area contributed by atoms with E-state index in [1.54, 1.807) is 41.3 Å². The van der Waals surface area contributed by atoms with Gasteiger partial charge in [-0.3, -0.25) is 0 Å². The number of aromatic nitrogens is 3. The number of benzene rings is 2. The lowest BCUT2D eigenvalue weighted by atomic mass is 10.2. The van der Waals surface area contributed by atoms with Gasteiger partial charge in [0.15, 0.2) is 5.82 Å². The zero-order valence-electron chi connectivity index (χ0n) is 17.0. The maximum absolute atomic E-state index is 13.2. The number of esters is 1. The second-order valence-electron chi connectivity index (χ2n) is 7.28. The van der Waals surface area contributed by atoms with Crippen LogP contribution in [-0.2, 0) is 17.7 Å². The Hall–Kier alpha value is -3.79. The number of carbonyl (C=O) groups is 2. The Morgan fingerprint density at radius 1 is 1.19 bits per heavy atom. The van der Waals surface area contributed by atoms with Gasteiger partial charge in [0.1, 0.15) is 5.82 Å². The summed E-state index contributed by atoms with van der Waals surface area (Å²) in [5.41, 5.74) is 2.67. The first kappa shape index (κ1) is 20.1. The zero-order chi connectivity index (χ0) is 22.2. The van der Waals surface area contributed by atoms with Gasteiger partial charge < -0.3 is 15.0 Å². The number of nitrogens with zero attached hydrogens (tertiary/aromatic N) is 4. The van der Waals surface area contributed by atoms with E-state index in [4.69, 9.17) is 4.74 Å². The number of ether oxygens (including phenoxy) is 1. The van der Waals surface area contributed by atoms with Crippen molar-refractivity contribution >= 4 is 34.0 Å². The smallest absolute Gasteiger partial charge is 0.337 e. The summed E-state index contributed by atoms with van der Waals surface area (Å²) in [5.74, 6) is -0.217. The molecule has 1 aliphatic heterocycles. The second kappa shape index (κ2) is 8.04. The minimum atomic E-state index is -0.460. The minimum absolute atomic E-state index is 0.247. The van der Waals surface area contributed by atoms with Crippen molar-refractivity contribution in [3.05, 3.63) is 70.5 Å². The van der Waals surface area contributed by atoms with Crippen molar-refractivity contribution < 1.29 is 18.7 Å². The summed E-state index contributed by atoms with van der Waals surface area (Å²) in [4.78, 5) is 32.5. The van der Waals surface area contributed by atoms with Crippen LogP contribution in [0.1, 0.15) is 20.9 Å². The van der Waals surface area contributed by atoms with Crippen molar-refractivity contribution in [3.63, 3.8) is 0 Å². The summed E-state index contributed by atoms with van der Waals surface area (Å²) >= 11 is 1.49. The molecule has 0 saturated heterocycles. The van der Waals surface area contributed by atoms with Crippen LogP contribution in [0, 0.1) is 5.82 Å². The predicted octanol–water partition coefficient (Wildman–Crippen LogP) is 3.97. The van der Waals surface area contributed by atoms with Crippen LogP contribution in [0.2, 0.25) is 0 Å². The van der Waals surface area contributed by atoms with E-state index in [9.17, 15) is 14.0 Å². The number of amides is 2. The van der Waals surface area contributed by atoms with Gasteiger partial charge in [0.05, 0.1) is 24.9 Å². The summed E-state index contributed by atoms with van der Waals surface area (Å²) in [6, 6.07) is 12.5. The summed E-state index contributed by atoms with van der Waals surface area (Å²) in [7, 11) is 1.31. The second-order valence-corrected chi connectivity index (χ2v) is 8.34. The Labute approximate surface area is 186 Å². The number of methoxy groups -OCH3 is 1. The van der Waals surface area contributed by atoms with Crippen LogP contribution in [0.4, 0.5) is 14.9 Å². The molecule has 0 atom stereocenters. The lowest BCUT2D eigenvalue weighted by Crippen LogP contribution is -2.38. The number of urea groups is 1. The average molecular weight is 451 g/mol. The molecule has 0 fully saturated rings. The lowest BCUT2D eigenvalue weighted by molar-refractivity contribution is 0.0600. The third-order valence-corrected chi connectivity index (χ3v) is 6.30. The van der Waals surface area contributed by atoms with E-state index in [1.165, 1.54) is 30.6 Å². The predicted molar refractivity (Wildman–Crippen MR) is 117 cm³/mol. The number of anilines is 1. The molecule has 0 aliphatic carbocycles. The molecule has 8 nitrogen and oxygen atoms in total. The van der Waals surface area contributed by atoms with Crippen LogP contribution < -0.4 is 5.32 Å². The monoisotopic (exact) mass is 451 g/mol. The molecule has 0 bridgehead atoms. The molecule has 10 heteroatoms. The highest BCUT2D eigenvalue weighted by Gasteiger charge is 2.26. The highest BCUT2D eigenvalue weighted by molar-refractivity contribution is 7.17. The van der Waals surface area contributed by atoms with Gasteiger partial charge in [0, 0.05) is 29.1 Å². The number of thiazole rings is 1. The molecular weight excluding hydrogens is 433 g/mol. The van der Waals surface area contributed by atoms with Crippen molar-refractivity contribution in [1.82, 2.24) is 19.5 Å². The molecule has 1 aliphatic rings. The molecule has 2 aromatic heterocycles. The number of nitrogens with one attached hydrogen (secondary N) is 1. The minimum Gasteiger partial charge on any atom is -0.465 e. The van der Waals surface area contributed by atoms with Gasteiger partial charge in [-0.1, -0.05) is 17.4 Å². The van der Waals surface area contributed by atoms with Crippen LogP contribution in [-0.4, -0.2) is 45.2 Å². The molecule has 0 saturated carbocycles. The number of rotatable bonds is 3. The van der Waals surface area contributed by atoms with Crippen molar-refractivity contribution in [2.24, 2.45) is 0 Å². The molecule has 162 valence electrons. The van der Waals surface area contributed by atoms with Crippen LogP contribution in [0.15, 0.2) is 48.5 Å². The summed E-state index contributed by atoms with van der Waals surface area (Å²) in [6.07, 6.45) is 0.636. The first-order valence-corrected chi connectivity index (χ1v) is 10.7. The molecule has 0 radical (unpaired) electrons.